The maximum absolute atomic E-state index is 12.2. The Morgan fingerprint density at radius 3 is 2.59 bits per heavy atom. The first-order valence-corrected chi connectivity index (χ1v) is 7.92. The van der Waals surface area contributed by atoms with E-state index in [1.165, 1.54) is 12.8 Å². The molecule has 0 unspecified atom stereocenters. The average molecular weight is 303 g/mol. The molecule has 1 fully saturated rings. The van der Waals surface area contributed by atoms with E-state index in [0.29, 0.717) is 23.9 Å². The normalized spacial score (nSPS) is 21.6. The van der Waals surface area contributed by atoms with Gasteiger partial charge in [0.2, 0.25) is 11.8 Å². The minimum absolute atomic E-state index is 0.133. The van der Waals surface area contributed by atoms with Gasteiger partial charge in [0.15, 0.2) is 0 Å². The monoisotopic (exact) mass is 303 g/mol. The van der Waals surface area contributed by atoms with Crippen molar-refractivity contribution in [2.75, 3.05) is 18.9 Å². The number of carbonyl (C=O) groups excluding carboxylic acids is 1. The summed E-state index contributed by atoms with van der Waals surface area (Å²) in [7, 11) is 1.99. The number of aryl methyl sites for hydroxylation is 1. The summed E-state index contributed by atoms with van der Waals surface area (Å²) in [4.78, 5) is 14.3. The van der Waals surface area contributed by atoms with Crippen LogP contribution in [0.4, 0.5) is 5.88 Å². The molecule has 1 saturated carbocycles. The van der Waals surface area contributed by atoms with Crippen LogP contribution in [-0.4, -0.2) is 30.4 Å². The molecule has 0 aromatic carbocycles. The van der Waals surface area contributed by atoms with Gasteiger partial charge in [-0.25, -0.2) is 0 Å². The van der Waals surface area contributed by atoms with Gasteiger partial charge in [-0.1, -0.05) is 6.92 Å². The minimum atomic E-state index is -0.133. The van der Waals surface area contributed by atoms with Crippen LogP contribution in [0, 0.1) is 31.1 Å². The van der Waals surface area contributed by atoms with E-state index in [1.807, 2.05) is 14.0 Å². The molecule has 5 heteroatoms. The third-order valence-electron chi connectivity index (χ3n) is 4.75. The molecule has 120 valence electrons. The van der Waals surface area contributed by atoms with Gasteiger partial charge in [-0.15, -0.1) is 0 Å². The van der Waals surface area contributed by atoms with E-state index in [-0.39, 0.29) is 11.8 Å². The van der Waals surface area contributed by atoms with E-state index in [4.69, 9.17) is 9.68 Å². The molecule has 1 aromatic rings. The van der Waals surface area contributed by atoms with E-state index in [1.54, 1.807) is 6.92 Å². The second-order valence-electron chi connectivity index (χ2n) is 6.48. The van der Waals surface area contributed by atoms with Crippen LogP contribution in [0.2, 0.25) is 0 Å². The lowest BCUT2D eigenvalue weighted by molar-refractivity contribution is -0.117. The lowest BCUT2D eigenvalue weighted by Gasteiger charge is -2.33. The SMILES string of the molecule is Cc1oc(NC(=O)CN(C)C2CCC(C)CC2)c(C#N)c1C. The Labute approximate surface area is 132 Å². The van der Waals surface area contributed by atoms with Crippen molar-refractivity contribution < 1.29 is 9.21 Å². The van der Waals surface area contributed by atoms with Gasteiger partial charge < -0.3 is 4.42 Å². The number of nitrogens with one attached hydrogen (secondary N) is 1. The Balaban J connectivity index is 1.93. The van der Waals surface area contributed by atoms with Gasteiger partial charge in [-0.3, -0.25) is 15.0 Å². The van der Waals surface area contributed by atoms with Crippen molar-refractivity contribution in [3.05, 3.63) is 16.9 Å². The molecule has 1 heterocycles. The van der Waals surface area contributed by atoms with Crippen molar-refractivity contribution in [2.24, 2.45) is 5.92 Å². The second kappa shape index (κ2) is 6.97. The van der Waals surface area contributed by atoms with Gasteiger partial charge in [0.1, 0.15) is 17.4 Å². The largest absolute Gasteiger partial charge is 0.444 e. The predicted molar refractivity (Wildman–Crippen MR) is 85.6 cm³/mol. The molecule has 0 aliphatic heterocycles. The van der Waals surface area contributed by atoms with Gasteiger partial charge in [0.05, 0.1) is 6.54 Å². The molecule has 5 nitrogen and oxygen atoms in total. The highest BCUT2D eigenvalue weighted by Crippen LogP contribution is 2.27. The highest BCUT2D eigenvalue weighted by Gasteiger charge is 2.24. The molecular formula is C17H25N3O2. The Hall–Kier alpha value is -1.80. The summed E-state index contributed by atoms with van der Waals surface area (Å²) < 4.78 is 5.48. The number of likely N-dealkylation sites (N-methyl/N-ethyl adjacent to an activating group) is 1. The quantitative estimate of drug-likeness (QED) is 0.927. The first-order chi connectivity index (χ1) is 10.4. The number of carbonyl (C=O) groups is 1. The first kappa shape index (κ1) is 16.6. The summed E-state index contributed by atoms with van der Waals surface area (Å²) in [5.41, 5.74) is 1.20. The van der Waals surface area contributed by atoms with Gasteiger partial charge in [0.25, 0.3) is 0 Å². The van der Waals surface area contributed by atoms with Crippen LogP contribution in [0.3, 0.4) is 0 Å². The standard InChI is InChI=1S/C17H25N3O2/c1-11-5-7-14(8-6-11)20(4)10-16(21)19-17-15(9-18)12(2)13(3)22-17/h11,14H,5-8,10H2,1-4H3,(H,19,21). The molecule has 1 aliphatic rings. The predicted octanol–water partition coefficient (Wildman–Crippen LogP) is 3.22. The van der Waals surface area contributed by atoms with E-state index < -0.39 is 0 Å². The molecule has 0 spiro atoms. The molecule has 2 rings (SSSR count). The van der Waals surface area contributed by atoms with Crippen molar-refractivity contribution in [3.8, 4) is 6.07 Å². The number of nitrogens with zero attached hydrogens (tertiary/aromatic N) is 2. The molecule has 22 heavy (non-hydrogen) atoms. The lowest BCUT2D eigenvalue weighted by atomic mass is 9.87. The van der Waals surface area contributed by atoms with Crippen LogP contribution in [0.15, 0.2) is 4.42 Å². The fourth-order valence-electron chi connectivity index (χ4n) is 3.05. The number of anilines is 1. The molecule has 0 atom stereocenters. The smallest absolute Gasteiger partial charge is 0.240 e. The summed E-state index contributed by atoms with van der Waals surface area (Å²) >= 11 is 0. The number of hydrogen-bond donors (Lipinski definition) is 1. The number of nitriles is 1. The average Bonchev–Trinajstić information content (AvgIpc) is 2.73. The summed E-state index contributed by atoms with van der Waals surface area (Å²) in [6.07, 6.45) is 4.75. The molecular weight excluding hydrogens is 278 g/mol. The zero-order chi connectivity index (χ0) is 16.3. The summed E-state index contributed by atoms with van der Waals surface area (Å²) in [6.45, 7) is 6.22. The minimum Gasteiger partial charge on any atom is -0.444 e. The highest BCUT2D eigenvalue weighted by atomic mass is 16.4. The highest BCUT2D eigenvalue weighted by molar-refractivity contribution is 5.92. The number of amides is 1. The Morgan fingerprint density at radius 1 is 1.36 bits per heavy atom. The van der Waals surface area contributed by atoms with Gasteiger partial charge >= 0.3 is 0 Å². The topological polar surface area (TPSA) is 69.3 Å². The molecule has 0 radical (unpaired) electrons. The Bertz CT molecular complexity index is 577. The van der Waals surface area contributed by atoms with Crippen molar-refractivity contribution in [1.29, 1.82) is 5.26 Å². The van der Waals surface area contributed by atoms with Crippen LogP contribution in [0.25, 0.3) is 0 Å². The van der Waals surface area contributed by atoms with Crippen LogP contribution in [0.1, 0.15) is 49.5 Å². The van der Waals surface area contributed by atoms with Crippen molar-refractivity contribution >= 4 is 11.8 Å². The summed E-state index contributed by atoms with van der Waals surface area (Å²) in [5.74, 6) is 1.60. The third-order valence-corrected chi connectivity index (χ3v) is 4.75. The maximum Gasteiger partial charge on any atom is 0.240 e. The first-order valence-electron chi connectivity index (χ1n) is 7.92. The lowest BCUT2D eigenvalue weighted by Crippen LogP contribution is -2.39. The number of furan rings is 1. The van der Waals surface area contributed by atoms with Crippen molar-refractivity contribution in [2.45, 2.75) is 52.5 Å². The molecule has 1 aliphatic carbocycles. The summed E-state index contributed by atoms with van der Waals surface area (Å²) in [5, 5.41) is 11.9. The van der Waals surface area contributed by atoms with Crippen molar-refractivity contribution in [1.82, 2.24) is 4.90 Å². The fourth-order valence-corrected chi connectivity index (χ4v) is 3.05. The Morgan fingerprint density at radius 2 is 2.00 bits per heavy atom. The van der Waals surface area contributed by atoms with Crippen LogP contribution in [-0.2, 0) is 4.79 Å². The molecule has 1 aromatic heterocycles. The summed E-state index contributed by atoms with van der Waals surface area (Å²) in [6, 6.07) is 2.56. The number of hydrogen-bond acceptors (Lipinski definition) is 4. The molecule has 1 N–H and O–H groups in total. The van der Waals surface area contributed by atoms with E-state index >= 15 is 0 Å². The zero-order valence-electron chi connectivity index (χ0n) is 13.9. The van der Waals surface area contributed by atoms with E-state index in [9.17, 15) is 4.79 Å². The van der Waals surface area contributed by atoms with Crippen LogP contribution < -0.4 is 5.32 Å². The number of rotatable bonds is 4. The molecule has 0 bridgehead atoms. The maximum atomic E-state index is 12.2. The van der Waals surface area contributed by atoms with Gasteiger partial charge in [-0.2, -0.15) is 5.26 Å². The fraction of sp³-hybridized carbons (Fsp3) is 0.647. The Kier molecular flexibility index (Phi) is 5.25. The third kappa shape index (κ3) is 3.69. The van der Waals surface area contributed by atoms with E-state index in [0.717, 1.165) is 24.3 Å². The van der Waals surface area contributed by atoms with Crippen molar-refractivity contribution in [3.63, 3.8) is 0 Å². The zero-order valence-corrected chi connectivity index (χ0v) is 13.9. The van der Waals surface area contributed by atoms with Gasteiger partial charge in [0, 0.05) is 11.6 Å². The van der Waals surface area contributed by atoms with Crippen LogP contribution >= 0.6 is 0 Å². The second-order valence-corrected chi connectivity index (χ2v) is 6.48. The van der Waals surface area contributed by atoms with E-state index in [2.05, 4.69) is 23.2 Å². The molecule has 0 saturated heterocycles. The molecule has 1 amide bonds. The van der Waals surface area contributed by atoms with Gasteiger partial charge in [-0.05, 0) is 52.5 Å². The van der Waals surface area contributed by atoms with Crippen LogP contribution in [0.5, 0.6) is 0 Å².